The molecule has 0 aliphatic carbocycles. The fourth-order valence-corrected chi connectivity index (χ4v) is 7.66. The molecule has 1 saturated heterocycles. The largest absolute Gasteiger partial charge is 0.503 e. The first-order chi connectivity index (χ1) is 20.6. The van der Waals surface area contributed by atoms with E-state index in [0.717, 1.165) is 32.7 Å². The van der Waals surface area contributed by atoms with Crippen molar-refractivity contribution in [3.63, 3.8) is 0 Å². The molecular formula is C23H22N8O8S4. The van der Waals surface area contributed by atoms with Crippen molar-refractivity contribution in [2.45, 2.75) is 35.1 Å². The van der Waals surface area contributed by atoms with Gasteiger partial charge in [0.2, 0.25) is 5.43 Å². The van der Waals surface area contributed by atoms with Crippen LogP contribution in [0.2, 0.25) is 0 Å². The molecule has 3 atom stereocenters. The minimum absolute atomic E-state index is 0.0384. The van der Waals surface area contributed by atoms with Gasteiger partial charge in [0, 0.05) is 23.0 Å². The lowest BCUT2D eigenvalue weighted by Gasteiger charge is -2.49. The second-order valence-corrected chi connectivity index (χ2v) is 13.0. The number of amides is 2. The fraction of sp³-hybridized carbons (Fsp3) is 0.304. The molecule has 3 aromatic heterocycles. The summed E-state index contributed by atoms with van der Waals surface area (Å²) in [5, 5.41) is 40.9. The molecule has 5 rings (SSSR count). The van der Waals surface area contributed by atoms with Crippen LogP contribution in [0, 0.1) is 0 Å². The number of carbonyl (C=O) groups is 3. The van der Waals surface area contributed by atoms with E-state index in [4.69, 9.17) is 10.6 Å². The topological polar surface area (TPSA) is 235 Å². The number of anilines is 1. The number of carboxylic acid groups (broad SMARTS) is 1. The summed E-state index contributed by atoms with van der Waals surface area (Å²) in [7, 11) is 0. The van der Waals surface area contributed by atoms with E-state index in [1.165, 1.54) is 40.4 Å². The number of β-lactam (4-membered cyclic amide) rings is 1. The number of carboxylic acids is 1. The van der Waals surface area contributed by atoms with E-state index in [9.17, 15) is 34.6 Å². The molecule has 0 saturated carbocycles. The summed E-state index contributed by atoms with van der Waals surface area (Å²) in [5.41, 5.74) is 5.10. The number of oxime groups is 1. The maximum absolute atomic E-state index is 13.4. The number of hydrogen-bond acceptors (Lipinski definition) is 16. The third-order valence-corrected chi connectivity index (χ3v) is 10.2. The van der Waals surface area contributed by atoms with Crippen LogP contribution >= 0.6 is 46.4 Å². The normalized spacial score (nSPS) is 19.0. The molecule has 1 fully saturated rings. The average molecular weight is 667 g/mol. The molecule has 6 N–H and O–H groups in total. The zero-order valence-electron chi connectivity index (χ0n) is 21.9. The van der Waals surface area contributed by atoms with Crippen LogP contribution in [0.4, 0.5) is 5.13 Å². The molecular weight excluding hydrogens is 645 g/mol. The summed E-state index contributed by atoms with van der Waals surface area (Å²) in [6.07, 6.45) is 1.55. The Bertz CT molecular complexity index is 1690. The van der Waals surface area contributed by atoms with Crippen LogP contribution in [0.3, 0.4) is 0 Å². The van der Waals surface area contributed by atoms with Crippen molar-refractivity contribution in [3.8, 4) is 5.75 Å². The molecule has 2 aliphatic rings. The quantitative estimate of drug-likeness (QED) is 0.0633. The average Bonchev–Trinajstić information content (AvgIpc) is 3.66. The summed E-state index contributed by atoms with van der Waals surface area (Å²) in [5.74, 6) is -2.73. The third kappa shape index (κ3) is 6.17. The fourth-order valence-electron chi connectivity index (χ4n) is 4.21. The summed E-state index contributed by atoms with van der Waals surface area (Å²) < 4.78 is 5.10. The molecule has 43 heavy (non-hydrogen) atoms. The summed E-state index contributed by atoms with van der Waals surface area (Å²) in [6.45, 7) is 1.68. The predicted octanol–water partition coefficient (Wildman–Crippen LogP) is 1.08. The zero-order valence-corrected chi connectivity index (χ0v) is 25.2. The first-order valence-electron chi connectivity index (χ1n) is 12.3. The number of pyridine rings is 1. The van der Waals surface area contributed by atoms with Gasteiger partial charge in [0.1, 0.15) is 32.7 Å². The number of aromatic hydroxyl groups is 1. The molecule has 5 heterocycles. The van der Waals surface area contributed by atoms with Crippen molar-refractivity contribution >= 4 is 75.0 Å². The number of nitrogen functional groups attached to an aromatic ring is 1. The number of carbonyl (C=O) groups excluding carboxylic acids is 2. The van der Waals surface area contributed by atoms with Gasteiger partial charge in [0.15, 0.2) is 22.7 Å². The number of nitrogens with one attached hydrogen (secondary N) is 1. The van der Waals surface area contributed by atoms with E-state index in [0.29, 0.717) is 21.8 Å². The SMILES string of the molecule is CCC(ON=C(C(=O)N[C@@H]1C(=O)N2C(C(=O)O)=C(CSc3cnns3)CS[C@H]12)c1csc(N)n1)c1cc(=O)c(O)cn1O. The van der Waals surface area contributed by atoms with Crippen molar-refractivity contribution in [1.82, 2.24) is 29.5 Å². The third-order valence-electron chi connectivity index (χ3n) is 6.26. The zero-order chi connectivity index (χ0) is 30.8. The second-order valence-electron chi connectivity index (χ2n) is 8.95. The van der Waals surface area contributed by atoms with Gasteiger partial charge in [-0.15, -0.1) is 40.0 Å². The van der Waals surface area contributed by atoms with E-state index >= 15 is 0 Å². The van der Waals surface area contributed by atoms with Crippen LogP contribution in [0.25, 0.3) is 0 Å². The van der Waals surface area contributed by atoms with Crippen molar-refractivity contribution in [3.05, 3.63) is 56.7 Å². The van der Waals surface area contributed by atoms with Gasteiger partial charge in [-0.3, -0.25) is 19.3 Å². The molecule has 0 radical (unpaired) electrons. The minimum atomic E-state index is -1.25. The number of thioether (sulfide) groups is 2. The molecule has 16 nitrogen and oxygen atoms in total. The highest BCUT2D eigenvalue weighted by molar-refractivity contribution is 8.01. The number of nitrogens with zero attached hydrogens (tertiary/aromatic N) is 6. The van der Waals surface area contributed by atoms with E-state index < -0.39 is 46.5 Å². The molecule has 0 aromatic carbocycles. The van der Waals surface area contributed by atoms with Crippen LogP contribution < -0.4 is 16.5 Å². The lowest BCUT2D eigenvalue weighted by molar-refractivity contribution is -0.150. The first-order valence-corrected chi connectivity index (χ1v) is 16.0. The molecule has 3 aromatic rings. The van der Waals surface area contributed by atoms with E-state index in [1.54, 1.807) is 13.1 Å². The molecule has 2 amide bonds. The smallest absolute Gasteiger partial charge is 0.352 e. The number of nitrogens with two attached hydrogens (primary N) is 1. The Kier molecular flexibility index (Phi) is 8.89. The van der Waals surface area contributed by atoms with Crippen LogP contribution in [0.1, 0.15) is 30.8 Å². The lowest BCUT2D eigenvalue weighted by atomic mass is 10.0. The molecule has 2 aliphatic heterocycles. The Balaban J connectivity index is 1.35. The van der Waals surface area contributed by atoms with Gasteiger partial charge in [-0.25, -0.2) is 9.78 Å². The number of hydrogen-bond donors (Lipinski definition) is 5. The maximum Gasteiger partial charge on any atom is 0.352 e. The molecule has 0 bridgehead atoms. The predicted molar refractivity (Wildman–Crippen MR) is 157 cm³/mol. The Hall–Kier alpha value is -4.14. The van der Waals surface area contributed by atoms with Gasteiger partial charge in [-0.2, -0.15) is 4.73 Å². The van der Waals surface area contributed by atoms with Crippen LogP contribution in [-0.4, -0.2) is 86.0 Å². The van der Waals surface area contributed by atoms with Crippen molar-refractivity contribution in [2.24, 2.45) is 5.16 Å². The molecule has 0 spiro atoms. The Labute approximate surface area is 258 Å². The van der Waals surface area contributed by atoms with Crippen molar-refractivity contribution in [2.75, 3.05) is 17.2 Å². The molecule has 1 unspecified atom stereocenters. The maximum atomic E-state index is 13.4. The van der Waals surface area contributed by atoms with Crippen molar-refractivity contribution < 1.29 is 34.6 Å². The van der Waals surface area contributed by atoms with Crippen LogP contribution in [0.5, 0.6) is 5.75 Å². The number of fused-ring (bicyclic) bond motifs is 1. The standard InChI is InChI=1S/C23H22N8O8S4/c1-2-14(11-3-12(32)13(33)5-30(11)38)39-28-16(10-8-42-23(24)26-10)19(34)27-17-20(35)31-18(22(36)37)9(7-41-21(17)31)6-40-15-4-25-29-43-15/h3-5,8,14,17,21,33,38H,2,6-7H2,1H3,(H2,24,26)(H,27,34)(H,36,37)/t14?,17-,21-/m1/s1. The molecule has 226 valence electrons. The Morgan fingerprint density at radius 2 is 2.16 bits per heavy atom. The highest BCUT2D eigenvalue weighted by Crippen LogP contribution is 2.41. The lowest BCUT2D eigenvalue weighted by Crippen LogP contribution is -2.71. The Morgan fingerprint density at radius 3 is 2.81 bits per heavy atom. The number of thiazole rings is 1. The second kappa shape index (κ2) is 12.6. The monoisotopic (exact) mass is 666 g/mol. The van der Waals surface area contributed by atoms with E-state index in [1.807, 2.05) is 0 Å². The number of aromatic nitrogens is 4. The van der Waals surface area contributed by atoms with E-state index in [-0.39, 0.29) is 34.3 Å². The summed E-state index contributed by atoms with van der Waals surface area (Å²) in [4.78, 5) is 61.5. The Morgan fingerprint density at radius 1 is 1.37 bits per heavy atom. The highest BCUT2D eigenvalue weighted by atomic mass is 32.2. The first kappa shape index (κ1) is 30.3. The van der Waals surface area contributed by atoms with Gasteiger partial charge in [0.05, 0.1) is 12.4 Å². The van der Waals surface area contributed by atoms with Gasteiger partial charge in [0.25, 0.3) is 11.8 Å². The van der Waals surface area contributed by atoms with Gasteiger partial charge >= 0.3 is 5.97 Å². The van der Waals surface area contributed by atoms with Crippen LogP contribution in [0.15, 0.2) is 49.3 Å². The van der Waals surface area contributed by atoms with Gasteiger partial charge in [-0.05, 0) is 23.5 Å². The highest BCUT2D eigenvalue weighted by Gasteiger charge is 2.54. The van der Waals surface area contributed by atoms with E-state index in [2.05, 4.69) is 25.0 Å². The van der Waals surface area contributed by atoms with Gasteiger partial charge in [-0.1, -0.05) is 16.6 Å². The number of aliphatic carboxylic acids is 1. The molecule has 20 heteroatoms. The van der Waals surface area contributed by atoms with Crippen LogP contribution in [-0.2, 0) is 19.2 Å². The van der Waals surface area contributed by atoms with Gasteiger partial charge < -0.3 is 31.3 Å². The summed E-state index contributed by atoms with van der Waals surface area (Å²) >= 11 is 4.89. The summed E-state index contributed by atoms with van der Waals surface area (Å²) in [6, 6.07) is -0.0922. The number of rotatable bonds is 11. The van der Waals surface area contributed by atoms with Crippen molar-refractivity contribution in [1.29, 1.82) is 0 Å². The minimum Gasteiger partial charge on any atom is -0.503 e.